The van der Waals surface area contributed by atoms with Crippen LogP contribution >= 0.6 is 11.6 Å². The lowest BCUT2D eigenvalue weighted by Crippen LogP contribution is -2.84. The van der Waals surface area contributed by atoms with Gasteiger partial charge in [-0.25, -0.2) is 0 Å². The lowest BCUT2D eigenvalue weighted by molar-refractivity contribution is -0.153. The quantitative estimate of drug-likeness (QED) is 0.710. The average Bonchev–Trinajstić information content (AvgIpc) is 2.50. The van der Waals surface area contributed by atoms with E-state index in [-0.39, 0.29) is 41.5 Å². The molecule has 1 aromatic carbocycles. The first-order valence-corrected chi connectivity index (χ1v) is 9.55. The van der Waals surface area contributed by atoms with Gasteiger partial charge in [0, 0.05) is 16.1 Å². The smallest absolute Gasteiger partial charge is 0.258 e. The van der Waals surface area contributed by atoms with Gasteiger partial charge in [-0.1, -0.05) is 32.4 Å². The van der Waals surface area contributed by atoms with Crippen LogP contribution in [0.1, 0.15) is 40.0 Å². The van der Waals surface area contributed by atoms with Crippen molar-refractivity contribution in [2.45, 2.75) is 51.1 Å². The molecule has 3 saturated carbocycles. The second-order valence-electron chi connectivity index (χ2n) is 8.98. The van der Waals surface area contributed by atoms with Crippen LogP contribution < -0.4 is 15.4 Å². The number of hydrogen-bond donors (Lipinski definition) is 2. The fourth-order valence-corrected chi connectivity index (χ4v) is 3.97. The van der Waals surface area contributed by atoms with E-state index in [4.69, 9.17) is 21.1 Å². The molecule has 27 heavy (non-hydrogen) atoms. The lowest BCUT2D eigenvalue weighted by Gasteiger charge is -2.70. The number of hydrogen-bond acceptors (Lipinski definition) is 4. The second-order valence-corrected chi connectivity index (χ2v) is 9.42. The molecule has 0 aromatic heterocycles. The first-order valence-electron chi connectivity index (χ1n) is 9.17. The summed E-state index contributed by atoms with van der Waals surface area (Å²) in [5, 5.41) is 6.70. The van der Waals surface area contributed by atoms with E-state index in [1.54, 1.807) is 24.3 Å². The Hall–Kier alpha value is -1.79. The van der Waals surface area contributed by atoms with Crippen molar-refractivity contribution in [1.29, 1.82) is 0 Å². The van der Waals surface area contributed by atoms with Crippen molar-refractivity contribution in [2.75, 3.05) is 19.8 Å². The van der Waals surface area contributed by atoms with E-state index in [0.29, 0.717) is 17.4 Å². The van der Waals surface area contributed by atoms with Crippen LogP contribution in [-0.2, 0) is 14.3 Å². The number of halogens is 1. The number of ether oxygens (including phenoxy) is 2. The SMILES string of the molecule is CC(C)(C)COCC(=O)NC12CC(NC(=O)COc3ccc(Cl)cc3)(C1)C2. The molecule has 7 heteroatoms. The minimum atomic E-state index is -0.194. The Kier molecular flexibility index (Phi) is 5.41. The van der Waals surface area contributed by atoms with Crippen LogP contribution in [-0.4, -0.2) is 42.7 Å². The van der Waals surface area contributed by atoms with Gasteiger partial charge in [-0.2, -0.15) is 0 Å². The predicted molar refractivity (Wildman–Crippen MR) is 103 cm³/mol. The van der Waals surface area contributed by atoms with Gasteiger partial charge in [-0.3, -0.25) is 9.59 Å². The Morgan fingerprint density at radius 3 is 2.04 bits per heavy atom. The summed E-state index contributed by atoms with van der Waals surface area (Å²) in [4.78, 5) is 24.1. The van der Waals surface area contributed by atoms with Gasteiger partial charge in [0.25, 0.3) is 5.91 Å². The fraction of sp³-hybridized carbons (Fsp3) is 0.600. The largest absolute Gasteiger partial charge is 0.484 e. The molecule has 2 N–H and O–H groups in total. The summed E-state index contributed by atoms with van der Waals surface area (Å²) in [6.45, 7) is 6.77. The molecule has 2 amide bonds. The van der Waals surface area contributed by atoms with Crippen LogP contribution in [0.15, 0.2) is 24.3 Å². The van der Waals surface area contributed by atoms with Crippen molar-refractivity contribution < 1.29 is 19.1 Å². The van der Waals surface area contributed by atoms with Crippen molar-refractivity contribution in [2.24, 2.45) is 5.41 Å². The van der Waals surface area contributed by atoms with Crippen LogP contribution in [0.3, 0.4) is 0 Å². The third-order valence-electron chi connectivity index (χ3n) is 4.79. The van der Waals surface area contributed by atoms with Crippen LogP contribution in [0.25, 0.3) is 0 Å². The van der Waals surface area contributed by atoms with Crippen molar-refractivity contribution in [3.63, 3.8) is 0 Å². The molecule has 0 atom stereocenters. The molecule has 3 fully saturated rings. The number of benzene rings is 1. The van der Waals surface area contributed by atoms with E-state index >= 15 is 0 Å². The molecule has 0 spiro atoms. The Balaban J connectivity index is 1.34. The van der Waals surface area contributed by atoms with Crippen LogP contribution in [0, 0.1) is 5.41 Å². The van der Waals surface area contributed by atoms with Gasteiger partial charge in [0.15, 0.2) is 6.61 Å². The van der Waals surface area contributed by atoms with Gasteiger partial charge in [0.2, 0.25) is 5.91 Å². The van der Waals surface area contributed by atoms with E-state index in [2.05, 4.69) is 31.4 Å². The molecular formula is C20H27ClN2O4. The highest BCUT2D eigenvalue weighted by molar-refractivity contribution is 6.30. The number of carbonyl (C=O) groups is 2. The maximum Gasteiger partial charge on any atom is 0.258 e. The van der Waals surface area contributed by atoms with Crippen LogP contribution in [0.4, 0.5) is 0 Å². The van der Waals surface area contributed by atoms with Gasteiger partial charge in [0.1, 0.15) is 12.4 Å². The Morgan fingerprint density at radius 2 is 1.52 bits per heavy atom. The highest BCUT2D eigenvalue weighted by atomic mass is 35.5. The van der Waals surface area contributed by atoms with Crippen LogP contribution in [0.2, 0.25) is 5.02 Å². The fourth-order valence-electron chi connectivity index (χ4n) is 3.85. The minimum Gasteiger partial charge on any atom is -0.484 e. The molecular weight excluding hydrogens is 368 g/mol. The highest BCUT2D eigenvalue weighted by Gasteiger charge is 2.69. The summed E-state index contributed by atoms with van der Waals surface area (Å²) >= 11 is 5.82. The molecule has 4 rings (SSSR count). The molecule has 148 valence electrons. The number of rotatable bonds is 8. The molecule has 1 aromatic rings. The average molecular weight is 395 g/mol. The Morgan fingerprint density at radius 1 is 1.00 bits per heavy atom. The van der Waals surface area contributed by atoms with Gasteiger partial charge in [-0.15, -0.1) is 0 Å². The van der Waals surface area contributed by atoms with Gasteiger partial charge < -0.3 is 20.1 Å². The molecule has 3 aliphatic rings. The number of amides is 2. The number of nitrogens with one attached hydrogen (secondary N) is 2. The topological polar surface area (TPSA) is 76.7 Å². The van der Waals surface area contributed by atoms with Crippen molar-refractivity contribution in [3.8, 4) is 5.75 Å². The monoisotopic (exact) mass is 394 g/mol. The standard InChI is InChI=1S/C20H27ClN2O4/c1-18(2,3)13-26-8-16(24)22-19-10-20(11-19,12-19)23-17(25)9-27-15-6-4-14(21)5-7-15/h4-7H,8-13H2,1-3H3,(H,22,24)(H,23,25). The maximum absolute atomic E-state index is 12.1. The molecule has 3 aliphatic carbocycles. The predicted octanol–water partition coefficient (Wildman–Crippen LogP) is 2.69. The molecule has 0 heterocycles. The van der Waals surface area contributed by atoms with Crippen molar-refractivity contribution >= 4 is 23.4 Å². The lowest BCUT2D eigenvalue weighted by atomic mass is 9.44. The van der Waals surface area contributed by atoms with Crippen LogP contribution in [0.5, 0.6) is 5.75 Å². The third kappa shape index (κ3) is 5.14. The molecule has 2 bridgehead atoms. The normalized spacial score (nSPS) is 25.8. The zero-order valence-electron chi connectivity index (χ0n) is 16.1. The summed E-state index contributed by atoms with van der Waals surface area (Å²) in [7, 11) is 0. The second kappa shape index (κ2) is 7.32. The maximum atomic E-state index is 12.1. The summed E-state index contributed by atoms with van der Waals surface area (Å²) in [6, 6.07) is 6.88. The van der Waals surface area contributed by atoms with Gasteiger partial charge >= 0.3 is 0 Å². The first-order chi connectivity index (χ1) is 12.6. The number of carbonyl (C=O) groups excluding carboxylic acids is 2. The van der Waals surface area contributed by atoms with E-state index < -0.39 is 0 Å². The zero-order chi connectivity index (χ0) is 19.7. The summed E-state index contributed by atoms with van der Waals surface area (Å²) in [5.41, 5.74) is -0.328. The Labute approximate surface area is 164 Å². The third-order valence-corrected chi connectivity index (χ3v) is 5.04. The Bertz CT molecular complexity index is 692. The van der Waals surface area contributed by atoms with Crippen molar-refractivity contribution in [3.05, 3.63) is 29.3 Å². The van der Waals surface area contributed by atoms with Gasteiger partial charge in [-0.05, 0) is 48.9 Å². The summed E-state index contributed by atoms with van der Waals surface area (Å²) in [5.74, 6) is 0.356. The van der Waals surface area contributed by atoms with E-state index in [0.717, 1.165) is 19.3 Å². The molecule has 0 radical (unpaired) electrons. The molecule has 0 unspecified atom stereocenters. The highest BCUT2D eigenvalue weighted by Crippen LogP contribution is 2.60. The van der Waals surface area contributed by atoms with E-state index in [9.17, 15) is 9.59 Å². The molecule has 0 aliphatic heterocycles. The van der Waals surface area contributed by atoms with Crippen molar-refractivity contribution in [1.82, 2.24) is 10.6 Å². The van der Waals surface area contributed by atoms with E-state index in [1.165, 1.54) is 0 Å². The molecule has 6 nitrogen and oxygen atoms in total. The van der Waals surface area contributed by atoms with E-state index in [1.807, 2.05) is 0 Å². The zero-order valence-corrected chi connectivity index (χ0v) is 16.8. The first kappa shape index (κ1) is 20.0. The van der Waals surface area contributed by atoms with Gasteiger partial charge in [0.05, 0.1) is 6.61 Å². The molecule has 0 saturated heterocycles. The summed E-state index contributed by atoms with van der Waals surface area (Å²) in [6.07, 6.45) is 2.28. The summed E-state index contributed by atoms with van der Waals surface area (Å²) < 4.78 is 10.9. The minimum absolute atomic E-state index is 0.0383.